The van der Waals surface area contributed by atoms with Crippen LogP contribution < -0.4 is 0 Å². The summed E-state index contributed by atoms with van der Waals surface area (Å²) in [5.41, 5.74) is 0. The van der Waals surface area contributed by atoms with Crippen molar-refractivity contribution >= 4 is 17.6 Å². The van der Waals surface area contributed by atoms with Crippen LogP contribution in [0.1, 0.15) is 27.2 Å². The molecule has 0 aliphatic heterocycles. The van der Waals surface area contributed by atoms with E-state index in [2.05, 4.69) is 0 Å². The van der Waals surface area contributed by atoms with Gasteiger partial charge in [0.25, 0.3) is 0 Å². The van der Waals surface area contributed by atoms with Crippen LogP contribution in [0.2, 0.25) is 0 Å². The van der Waals surface area contributed by atoms with E-state index in [0.717, 1.165) is 0 Å². The lowest BCUT2D eigenvalue weighted by molar-refractivity contribution is -0.145. The Morgan fingerprint density at radius 1 is 1.42 bits per heavy atom. The summed E-state index contributed by atoms with van der Waals surface area (Å²) in [6.45, 7) is 6.38. The van der Waals surface area contributed by atoms with Crippen molar-refractivity contribution in [2.24, 2.45) is 11.8 Å². The molecule has 0 fully saturated rings. The summed E-state index contributed by atoms with van der Waals surface area (Å²) in [6.07, 6.45) is 0.495. The standard InChI is InChI=1S/C9H17ClO2/c1-7(2)4-9(11)12-6-8(3)5-10/h7-8H,4-6H2,1-3H3. The lowest BCUT2D eigenvalue weighted by atomic mass is 10.1. The highest BCUT2D eigenvalue weighted by Gasteiger charge is 2.07. The van der Waals surface area contributed by atoms with Gasteiger partial charge in [-0.1, -0.05) is 20.8 Å². The number of rotatable bonds is 5. The van der Waals surface area contributed by atoms with Crippen LogP contribution in [0, 0.1) is 11.8 Å². The lowest BCUT2D eigenvalue weighted by Gasteiger charge is -2.09. The summed E-state index contributed by atoms with van der Waals surface area (Å²) < 4.78 is 4.98. The highest BCUT2D eigenvalue weighted by molar-refractivity contribution is 6.18. The number of carbonyl (C=O) groups is 1. The summed E-state index contributed by atoms with van der Waals surface area (Å²) in [4.78, 5) is 11.0. The third-order valence-corrected chi connectivity index (χ3v) is 1.89. The van der Waals surface area contributed by atoms with Crippen molar-refractivity contribution in [1.82, 2.24) is 0 Å². The summed E-state index contributed by atoms with van der Waals surface area (Å²) in [5, 5.41) is 0. The minimum absolute atomic E-state index is 0.123. The molecule has 12 heavy (non-hydrogen) atoms. The molecule has 0 aliphatic carbocycles. The molecule has 0 bridgehead atoms. The number of hydrogen-bond acceptors (Lipinski definition) is 2. The quantitative estimate of drug-likeness (QED) is 0.494. The third kappa shape index (κ3) is 6.47. The Hall–Kier alpha value is -0.240. The molecule has 0 aliphatic rings. The van der Waals surface area contributed by atoms with E-state index >= 15 is 0 Å². The van der Waals surface area contributed by atoms with Crippen molar-refractivity contribution in [3.05, 3.63) is 0 Å². The van der Waals surface area contributed by atoms with Gasteiger partial charge in [-0.2, -0.15) is 0 Å². The van der Waals surface area contributed by atoms with Crippen LogP contribution in [-0.4, -0.2) is 18.5 Å². The maximum absolute atomic E-state index is 11.0. The molecule has 0 N–H and O–H groups in total. The van der Waals surface area contributed by atoms with Gasteiger partial charge < -0.3 is 4.74 Å². The molecule has 0 radical (unpaired) electrons. The van der Waals surface area contributed by atoms with Crippen molar-refractivity contribution in [3.8, 4) is 0 Å². The van der Waals surface area contributed by atoms with Gasteiger partial charge >= 0.3 is 5.97 Å². The normalized spacial score (nSPS) is 13.1. The molecule has 0 rings (SSSR count). The van der Waals surface area contributed by atoms with Gasteiger partial charge in [-0.05, 0) is 5.92 Å². The highest BCUT2D eigenvalue weighted by Crippen LogP contribution is 2.04. The molecular weight excluding hydrogens is 176 g/mol. The minimum Gasteiger partial charge on any atom is -0.465 e. The maximum Gasteiger partial charge on any atom is 0.306 e. The lowest BCUT2D eigenvalue weighted by Crippen LogP contribution is -2.14. The zero-order valence-corrected chi connectivity index (χ0v) is 8.73. The zero-order valence-electron chi connectivity index (χ0n) is 7.97. The van der Waals surface area contributed by atoms with Gasteiger partial charge in [0.1, 0.15) is 0 Å². The molecule has 1 unspecified atom stereocenters. The molecule has 0 aromatic heterocycles. The molecule has 72 valence electrons. The number of alkyl halides is 1. The second kappa shape index (κ2) is 6.30. The van der Waals surface area contributed by atoms with Crippen molar-refractivity contribution in [2.75, 3.05) is 12.5 Å². The first-order chi connectivity index (χ1) is 5.56. The Bertz CT molecular complexity index is 134. The number of carbonyl (C=O) groups excluding carboxylic acids is 1. The maximum atomic E-state index is 11.0. The minimum atomic E-state index is -0.123. The fourth-order valence-corrected chi connectivity index (χ4v) is 0.761. The first-order valence-electron chi connectivity index (χ1n) is 4.27. The Balaban J connectivity index is 3.44. The predicted molar refractivity (Wildman–Crippen MR) is 50.3 cm³/mol. The molecule has 0 saturated carbocycles. The van der Waals surface area contributed by atoms with Gasteiger partial charge in [0, 0.05) is 18.2 Å². The number of ether oxygens (including phenoxy) is 1. The zero-order chi connectivity index (χ0) is 9.56. The molecule has 0 amide bonds. The molecule has 1 atom stereocenters. The molecular formula is C9H17ClO2. The molecule has 0 aromatic rings. The van der Waals surface area contributed by atoms with E-state index in [9.17, 15) is 4.79 Å². The Morgan fingerprint density at radius 3 is 2.42 bits per heavy atom. The molecule has 0 spiro atoms. The number of esters is 1. The second-order valence-corrected chi connectivity index (χ2v) is 3.85. The van der Waals surface area contributed by atoms with Crippen LogP contribution >= 0.6 is 11.6 Å². The van der Waals surface area contributed by atoms with E-state index in [0.29, 0.717) is 24.8 Å². The average Bonchev–Trinajstić information content (AvgIpc) is 1.99. The molecule has 2 nitrogen and oxygen atoms in total. The Morgan fingerprint density at radius 2 is 2.00 bits per heavy atom. The van der Waals surface area contributed by atoms with Gasteiger partial charge in [-0.3, -0.25) is 4.79 Å². The Labute approximate surface area is 79.2 Å². The van der Waals surface area contributed by atoms with E-state index in [4.69, 9.17) is 16.3 Å². The van der Waals surface area contributed by atoms with Gasteiger partial charge in [0.15, 0.2) is 0 Å². The fourth-order valence-electron chi connectivity index (χ4n) is 0.672. The van der Waals surface area contributed by atoms with E-state index in [1.165, 1.54) is 0 Å². The van der Waals surface area contributed by atoms with Gasteiger partial charge in [-0.25, -0.2) is 0 Å². The van der Waals surface area contributed by atoms with Crippen molar-refractivity contribution in [2.45, 2.75) is 27.2 Å². The SMILES string of the molecule is CC(C)CC(=O)OCC(C)CCl. The molecule has 0 saturated heterocycles. The van der Waals surface area contributed by atoms with E-state index in [1.54, 1.807) is 0 Å². The van der Waals surface area contributed by atoms with E-state index in [1.807, 2.05) is 20.8 Å². The average molecular weight is 193 g/mol. The smallest absolute Gasteiger partial charge is 0.306 e. The summed E-state index contributed by atoms with van der Waals surface area (Å²) >= 11 is 5.55. The van der Waals surface area contributed by atoms with Crippen LogP contribution in [0.15, 0.2) is 0 Å². The molecule has 3 heteroatoms. The van der Waals surface area contributed by atoms with Crippen LogP contribution in [0.25, 0.3) is 0 Å². The number of hydrogen-bond donors (Lipinski definition) is 0. The fraction of sp³-hybridized carbons (Fsp3) is 0.889. The van der Waals surface area contributed by atoms with Crippen molar-refractivity contribution < 1.29 is 9.53 Å². The van der Waals surface area contributed by atoms with Gasteiger partial charge in [0.2, 0.25) is 0 Å². The van der Waals surface area contributed by atoms with Crippen LogP contribution in [-0.2, 0) is 9.53 Å². The van der Waals surface area contributed by atoms with Gasteiger partial charge in [-0.15, -0.1) is 11.6 Å². The topological polar surface area (TPSA) is 26.3 Å². The summed E-state index contributed by atoms with van der Waals surface area (Å²) in [7, 11) is 0. The molecule has 0 heterocycles. The van der Waals surface area contributed by atoms with Crippen molar-refractivity contribution in [1.29, 1.82) is 0 Å². The number of halogens is 1. The van der Waals surface area contributed by atoms with E-state index < -0.39 is 0 Å². The van der Waals surface area contributed by atoms with Crippen LogP contribution in [0.3, 0.4) is 0 Å². The Kier molecular flexibility index (Phi) is 6.17. The second-order valence-electron chi connectivity index (χ2n) is 3.54. The van der Waals surface area contributed by atoms with Crippen molar-refractivity contribution in [3.63, 3.8) is 0 Å². The van der Waals surface area contributed by atoms with Gasteiger partial charge in [0.05, 0.1) is 6.61 Å². The van der Waals surface area contributed by atoms with Crippen LogP contribution in [0.4, 0.5) is 0 Å². The highest BCUT2D eigenvalue weighted by atomic mass is 35.5. The monoisotopic (exact) mass is 192 g/mol. The first kappa shape index (κ1) is 11.8. The third-order valence-electron chi connectivity index (χ3n) is 1.37. The predicted octanol–water partition coefficient (Wildman–Crippen LogP) is 2.45. The largest absolute Gasteiger partial charge is 0.465 e. The summed E-state index contributed by atoms with van der Waals surface area (Å²) in [6, 6.07) is 0. The van der Waals surface area contributed by atoms with Crippen LogP contribution in [0.5, 0.6) is 0 Å². The summed E-state index contributed by atoms with van der Waals surface area (Å²) in [5.74, 6) is 1.03. The first-order valence-corrected chi connectivity index (χ1v) is 4.81. The molecule has 0 aromatic carbocycles. The van der Waals surface area contributed by atoms with E-state index in [-0.39, 0.29) is 11.9 Å².